The molecule has 0 aliphatic heterocycles. The highest BCUT2D eigenvalue weighted by molar-refractivity contribution is 5.75. The highest BCUT2D eigenvalue weighted by atomic mass is 16.2. The van der Waals surface area contributed by atoms with Gasteiger partial charge in [0.25, 0.3) is 0 Å². The van der Waals surface area contributed by atoms with Crippen LogP contribution in [0.15, 0.2) is 33.9 Å². The second-order valence-corrected chi connectivity index (χ2v) is 5.03. The summed E-state index contributed by atoms with van der Waals surface area (Å²) in [6, 6.07) is 7.48. The fraction of sp³-hybridized carbons (Fsp3) is 0.429. The molecule has 4 nitrogen and oxygen atoms in total. The zero-order valence-corrected chi connectivity index (χ0v) is 11.2. The van der Waals surface area contributed by atoms with Crippen molar-refractivity contribution in [1.82, 2.24) is 9.13 Å². The molecule has 0 unspecified atom stereocenters. The molecule has 0 atom stereocenters. The molecule has 0 saturated heterocycles. The molecular weight excluding hydrogens is 228 g/mol. The predicted molar refractivity (Wildman–Crippen MR) is 73.2 cm³/mol. The van der Waals surface area contributed by atoms with Gasteiger partial charge in [0, 0.05) is 12.1 Å². The van der Waals surface area contributed by atoms with E-state index in [2.05, 4.69) is 0 Å². The Morgan fingerprint density at radius 1 is 0.778 bits per heavy atom. The minimum Gasteiger partial charge on any atom is -0.300 e. The zero-order chi connectivity index (χ0) is 13.4. The molecule has 18 heavy (non-hydrogen) atoms. The first-order valence-electron chi connectivity index (χ1n) is 6.21. The SMILES string of the molecule is CC(C)n1c(=O)c(=O)n(C(C)C)c2ccccc21. The maximum absolute atomic E-state index is 12.2. The van der Waals surface area contributed by atoms with Gasteiger partial charge in [-0.2, -0.15) is 0 Å². The average Bonchev–Trinajstić information content (AvgIpc) is 2.29. The van der Waals surface area contributed by atoms with E-state index in [-0.39, 0.29) is 12.1 Å². The Morgan fingerprint density at radius 2 is 1.11 bits per heavy atom. The summed E-state index contributed by atoms with van der Waals surface area (Å²) in [5, 5.41) is 0. The van der Waals surface area contributed by atoms with Gasteiger partial charge in [0.15, 0.2) is 0 Å². The molecule has 0 amide bonds. The predicted octanol–water partition coefficient (Wildman–Crippen LogP) is 2.33. The summed E-state index contributed by atoms with van der Waals surface area (Å²) in [4.78, 5) is 24.4. The maximum Gasteiger partial charge on any atom is 0.317 e. The molecule has 0 N–H and O–H groups in total. The molecule has 4 heteroatoms. The maximum atomic E-state index is 12.2. The van der Waals surface area contributed by atoms with E-state index >= 15 is 0 Å². The van der Waals surface area contributed by atoms with Crippen LogP contribution in [0.5, 0.6) is 0 Å². The van der Waals surface area contributed by atoms with Gasteiger partial charge >= 0.3 is 11.1 Å². The highest BCUT2D eigenvalue weighted by Gasteiger charge is 2.15. The first-order chi connectivity index (χ1) is 8.45. The number of aromatic nitrogens is 2. The fourth-order valence-electron chi connectivity index (χ4n) is 2.32. The lowest BCUT2D eigenvalue weighted by molar-refractivity contribution is 0.548. The second kappa shape index (κ2) is 4.44. The minimum atomic E-state index is -0.447. The first kappa shape index (κ1) is 12.6. The Kier molecular flexibility index (Phi) is 3.11. The molecule has 0 fully saturated rings. The third kappa shape index (κ3) is 1.78. The van der Waals surface area contributed by atoms with Gasteiger partial charge < -0.3 is 0 Å². The van der Waals surface area contributed by atoms with Crippen molar-refractivity contribution >= 4 is 11.0 Å². The number of hydrogen-bond acceptors (Lipinski definition) is 2. The Morgan fingerprint density at radius 3 is 1.39 bits per heavy atom. The van der Waals surface area contributed by atoms with Crippen molar-refractivity contribution in [2.75, 3.05) is 0 Å². The van der Waals surface area contributed by atoms with E-state index in [0.29, 0.717) is 0 Å². The van der Waals surface area contributed by atoms with Crippen molar-refractivity contribution in [2.24, 2.45) is 0 Å². The van der Waals surface area contributed by atoms with Crippen LogP contribution < -0.4 is 11.1 Å². The second-order valence-electron chi connectivity index (χ2n) is 5.03. The van der Waals surface area contributed by atoms with Gasteiger partial charge in [-0.15, -0.1) is 0 Å². The zero-order valence-electron chi connectivity index (χ0n) is 11.2. The van der Waals surface area contributed by atoms with Crippen LogP contribution >= 0.6 is 0 Å². The molecule has 0 aliphatic carbocycles. The Hall–Kier alpha value is -1.84. The van der Waals surface area contributed by atoms with Gasteiger partial charge in [0.05, 0.1) is 11.0 Å². The van der Waals surface area contributed by atoms with E-state index in [1.807, 2.05) is 52.0 Å². The first-order valence-corrected chi connectivity index (χ1v) is 6.21. The molecule has 0 spiro atoms. The van der Waals surface area contributed by atoms with Gasteiger partial charge in [-0.1, -0.05) is 12.1 Å². The number of para-hydroxylation sites is 2. The molecular formula is C14H18N2O2. The van der Waals surface area contributed by atoms with Gasteiger partial charge in [0.2, 0.25) is 0 Å². The molecule has 0 aliphatic rings. The van der Waals surface area contributed by atoms with Crippen LogP contribution in [0.3, 0.4) is 0 Å². The topological polar surface area (TPSA) is 44.0 Å². The van der Waals surface area contributed by atoms with E-state index < -0.39 is 11.1 Å². The van der Waals surface area contributed by atoms with Crippen molar-refractivity contribution in [3.63, 3.8) is 0 Å². The fourth-order valence-corrected chi connectivity index (χ4v) is 2.32. The largest absolute Gasteiger partial charge is 0.317 e. The van der Waals surface area contributed by atoms with Crippen LogP contribution in [0.1, 0.15) is 39.8 Å². The van der Waals surface area contributed by atoms with Crippen LogP contribution in [0.25, 0.3) is 11.0 Å². The molecule has 1 heterocycles. The van der Waals surface area contributed by atoms with Crippen molar-refractivity contribution < 1.29 is 0 Å². The monoisotopic (exact) mass is 246 g/mol. The van der Waals surface area contributed by atoms with Gasteiger partial charge in [0.1, 0.15) is 0 Å². The van der Waals surface area contributed by atoms with Crippen LogP contribution in [0.2, 0.25) is 0 Å². The Bertz CT molecular complexity index is 632. The molecule has 96 valence electrons. The van der Waals surface area contributed by atoms with Gasteiger partial charge in [-0.25, -0.2) is 0 Å². The molecule has 0 bridgehead atoms. The van der Waals surface area contributed by atoms with Crippen LogP contribution in [-0.4, -0.2) is 9.13 Å². The summed E-state index contributed by atoms with van der Waals surface area (Å²) in [5.74, 6) is 0. The molecule has 0 radical (unpaired) electrons. The summed E-state index contributed by atoms with van der Waals surface area (Å²) in [6.07, 6.45) is 0. The summed E-state index contributed by atoms with van der Waals surface area (Å²) < 4.78 is 3.13. The van der Waals surface area contributed by atoms with E-state index in [9.17, 15) is 9.59 Å². The van der Waals surface area contributed by atoms with Crippen molar-refractivity contribution in [2.45, 2.75) is 39.8 Å². The van der Waals surface area contributed by atoms with Crippen LogP contribution in [-0.2, 0) is 0 Å². The third-order valence-corrected chi connectivity index (χ3v) is 3.05. The summed E-state index contributed by atoms with van der Waals surface area (Å²) in [5.41, 5.74) is 0.728. The highest BCUT2D eigenvalue weighted by Crippen LogP contribution is 2.16. The molecule has 2 rings (SSSR count). The Balaban J connectivity index is 3.08. The van der Waals surface area contributed by atoms with E-state index in [1.165, 1.54) is 0 Å². The minimum absolute atomic E-state index is 0.0306. The van der Waals surface area contributed by atoms with Gasteiger partial charge in [-0.05, 0) is 39.8 Å². The average molecular weight is 246 g/mol. The van der Waals surface area contributed by atoms with E-state index in [1.54, 1.807) is 9.13 Å². The van der Waals surface area contributed by atoms with E-state index in [0.717, 1.165) is 11.0 Å². The number of rotatable bonds is 2. The summed E-state index contributed by atoms with van der Waals surface area (Å²) in [6.45, 7) is 7.64. The van der Waals surface area contributed by atoms with Crippen molar-refractivity contribution in [3.8, 4) is 0 Å². The summed E-state index contributed by atoms with van der Waals surface area (Å²) >= 11 is 0. The van der Waals surface area contributed by atoms with Crippen LogP contribution in [0, 0.1) is 0 Å². The number of benzene rings is 1. The summed E-state index contributed by atoms with van der Waals surface area (Å²) in [7, 11) is 0. The number of hydrogen-bond donors (Lipinski definition) is 0. The lowest BCUT2D eigenvalue weighted by Gasteiger charge is -2.19. The smallest absolute Gasteiger partial charge is 0.300 e. The van der Waals surface area contributed by atoms with Crippen LogP contribution in [0.4, 0.5) is 0 Å². The standard InChI is InChI=1S/C14H18N2O2/c1-9(2)15-11-7-5-6-8-12(11)16(10(3)4)14(18)13(15)17/h5-10H,1-4H3. The lowest BCUT2D eigenvalue weighted by Crippen LogP contribution is -2.42. The molecule has 1 aromatic heterocycles. The van der Waals surface area contributed by atoms with Gasteiger partial charge in [-0.3, -0.25) is 18.7 Å². The van der Waals surface area contributed by atoms with Crippen molar-refractivity contribution in [1.29, 1.82) is 0 Å². The number of fused-ring (bicyclic) bond motifs is 1. The Labute approximate surface area is 105 Å². The molecule has 2 aromatic rings. The molecule has 1 aromatic carbocycles. The lowest BCUT2D eigenvalue weighted by atomic mass is 10.2. The third-order valence-electron chi connectivity index (χ3n) is 3.05. The normalized spacial score (nSPS) is 11.7. The quantitative estimate of drug-likeness (QED) is 0.763. The molecule has 0 saturated carbocycles. The van der Waals surface area contributed by atoms with Crippen molar-refractivity contribution in [3.05, 3.63) is 45.0 Å². The number of nitrogens with zero attached hydrogens (tertiary/aromatic N) is 2. The van der Waals surface area contributed by atoms with E-state index in [4.69, 9.17) is 0 Å².